The number of carboxylic acid groups (broad SMARTS) is 1. The van der Waals surface area contributed by atoms with Crippen molar-refractivity contribution in [1.82, 2.24) is 5.32 Å². The molecular formula is C12H13BrClNO5. The molecule has 110 valence electrons. The first-order valence-electron chi connectivity index (χ1n) is 5.59. The van der Waals surface area contributed by atoms with Crippen molar-refractivity contribution in [2.24, 2.45) is 0 Å². The minimum Gasteiger partial charge on any atom is -0.483 e. The van der Waals surface area contributed by atoms with Gasteiger partial charge in [-0.2, -0.15) is 0 Å². The molecule has 0 spiro atoms. The molecule has 0 aromatic heterocycles. The molecule has 0 aliphatic carbocycles. The Balaban J connectivity index is 2.57. The van der Waals surface area contributed by atoms with Crippen LogP contribution in [0.1, 0.15) is 6.92 Å². The molecule has 1 rings (SSSR count). The number of nitrogens with one attached hydrogen (secondary N) is 1. The molecule has 0 bridgehead atoms. The van der Waals surface area contributed by atoms with E-state index in [4.69, 9.17) is 21.4 Å². The smallest absolute Gasteiger partial charge is 0.328 e. The van der Waals surface area contributed by atoms with Crippen molar-refractivity contribution < 1.29 is 24.5 Å². The van der Waals surface area contributed by atoms with E-state index in [1.807, 2.05) is 0 Å². The van der Waals surface area contributed by atoms with E-state index in [-0.39, 0.29) is 6.61 Å². The topological polar surface area (TPSA) is 95.9 Å². The van der Waals surface area contributed by atoms with E-state index >= 15 is 0 Å². The Labute approximate surface area is 128 Å². The number of carbonyl (C=O) groups is 2. The van der Waals surface area contributed by atoms with E-state index in [2.05, 4.69) is 21.2 Å². The number of ether oxygens (including phenoxy) is 1. The second-order valence-electron chi connectivity index (χ2n) is 3.99. The Kier molecular flexibility index (Phi) is 6.25. The highest BCUT2D eigenvalue weighted by molar-refractivity contribution is 9.10. The number of carbonyl (C=O) groups excluding carboxylic acids is 1. The standard InChI is InChI=1S/C12H13BrClNO5/c1-6(16)11(12(18)19)15-10(17)5-20-9-3-2-7(14)4-8(9)13/h2-4,6,11,16H,5H2,1H3,(H,15,17)(H,18,19). The summed E-state index contributed by atoms with van der Waals surface area (Å²) in [6.07, 6.45) is -1.21. The second kappa shape index (κ2) is 7.47. The Hall–Kier alpha value is -1.31. The van der Waals surface area contributed by atoms with Gasteiger partial charge >= 0.3 is 5.97 Å². The maximum Gasteiger partial charge on any atom is 0.328 e. The van der Waals surface area contributed by atoms with E-state index < -0.39 is 24.0 Å². The predicted molar refractivity (Wildman–Crippen MR) is 75.9 cm³/mol. The third-order valence-corrected chi connectivity index (χ3v) is 3.17. The van der Waals surface area contributed by atoms with Crippen LogP contribution in [0.25, 0.3) is 0 Å². The lowest BCUT2D eigenvalue weighted by Crippen LogP contribution is -2.49. The largest absolute Gasteiger partial charge is 0.483 e. The number of aliphatic hydroxyl groups is 1. The van der Waals surface area contributed by atoms with E-state index in [1.54, 1.807) is 18.2 Å². The Morgan fingerprint density at radius 3 is 2.65 bits per heavy atom. The molecule has 20 heavy (non-hydrogen) atoms. The fourth-order valence-corrected chi connectivity index (χ4v) is 2.14. The fourth-order valence-electron chi connectivity index (χ4n) is 1.34. The molecule has 0 saturated carbocycles. The maximum absolute atomic E-state index is 11.6. The zero-order chi connectivity index (χ0) is 15.3. The van der Waals surface area contributed by atoms with Crippen LogP contribution in [-0.4, -0.2) is 40.8 Å². The quantitative estimate of drug-likeness (QED) is 0.708. The van der Waals surface area contributed by atoms with Crippen LogP contribution in [0, 0.1) is 0 Å². The molecule has 0 aliphatic rings. The summed E-state index contributed by atoms with van der Waals surface area (Å²) in [5.41, 5.74) is 0. The molecule has 8 heteroatoms. The molecular weight excluding hydrogens is 353 g/mol. The molecule has 0 radical (unpaired) electrons. The lowest BCUT2D eigenvalue weighted by molar-refractivity contribution is -0.145. The summed E-state index contributed by atoms with van der Waals surface area (Å²) >= 11 is 8.98. The zero-order valence-corrected chi connectivity index (χ0v) is 12.8. The number of benzene rings is 1. The summed E-state index contributed by atoms with van der Waals surface area (Å²) in [5.74, 6) is -1.57. The van der Waals surface area contributed by atoms with E-state index in [0.29, 0.717) is 15.2 Å². The van der Waals surface area contributed by atoms with Crippen molar-refractivity contribution in [3.8, 4) is 5.75 Å². The van der Waals surface area contributed by atoms with Crippen molar-refractivity contribution in [2.45, 2.75) is 19.1 Å². The lowest BCUT2D eigenvalue weighted by atomic mass is 10.2. The Bertz CT molecular complexity index is 509. The maximum atomic E-state index is 11.6. The van der Waals surface area contributed by atoms with E-state index in [0.717, 1.165) is 0 Å². The fraction of sp³-hybridized carbons (Fsp3) is 0.333. The van der Waals surface area contributed by atoms with Crippen LogP contribution in [0.2, 0.25) is 5.02 Å². The van der Waals surface area contributed by atoms with Gasteiger partial charge in [-0.3, -0.25) is 4.79 Å². The summed E-state index contributed by atoms with van der Waals surface area (Å²) < 4.78 is 5.79. The molecule has 1 aromatic carbocycles. The first-order valence-corrected chi connectivity index (χ1v) is 6.76. The van der Waals surface area contributed by atoms with Crippen molar-refractivity contribution in [1.29, 1.82) is 0 Å². The SMILES string of the molecule is CC(O)C(NC(=O)COc1ccc(Cl)cc1Br)C(=O)O. The van der Waals surface area contributed by atoms with E-state index in [1.165, 1.54) is 6.92 Å². The van der Waals surface area contributed by atoms with Gasteiger partial charge < -0.3 is 20.3 Å². The average Bonchev–Trinajstić information content (AvgIpc) is 2.34. The van der Waals surface area contributed by atoms with Gasteiger partial charge in [-0.15, -0.1) is 0 Å². The van der Waals surface area contributed by atoms with Crippen LogP contribution < -0.4 is 10.1 Å². The number of rotatable bonds is 6. The average molecular weight is 367 g/mol. The van der Waals surface area contributed by atoms with Gasteiger partial charge in [0, 0.05) is 5.02 Å². The third kappa shape index (κ3) is 4.99. The number of carboxylic acids is 1. The van der Waals surface area contributed by atoms with Gasteiger partial charge in [0.25, 0.3) is 5.91 Å². The number of hydrogen-bond acceptors (Lipinski definition) is 4. The van der Waals surface area contributed by atoms with Crippen molar-refractivity contribution in [2.75, 3.05) is 6.61 Å². The second-order valence-corrected chi connectivity index (χ2v) is 5.28. The molecule has 1 amide bonds. The molecule has 1 aromatic rings. The van der Waals surface area contributed by atoms with Crippen molar-refractivity contribution in [3.05, 3.63) is 27.7 Å². The highest BCUT2D eigenvalue weighted by atomic mass is 79.9. The molecule has 6 nitrogen and oxygen atoms in total. The highest BCUT2D eigenvalue weighted by Crippen LogP contribution is 2.27. The van der Waals surface area contributed by atoms with Crippen molar-refractivity contribution in [3.63, 3.8) is 0 Å². The first-order chi connectivity index (χ1) is 9.31. The predicted octanol–water partition coefficient (Wildman–Crippen LogP) is 1.43. The van der Waals surface area contributed by atoms with Gasteiger partial charge in [-0.1, -0.05) is 11.6 Å². The number of amides is 1. The van der Waals surface area contributed by atoms with Crippen LogP contribution >= 0.6 is 27.5 Å². The monoisotopic (exact) mass is 365 g/mol. The lowest BCUT2D eigenvalue weighted by Gasteiger charge is -2.17. The van der Waals surface area contributed by atoms with Crippen molar-refractivity contribution >= 4 is 39.4 Å². The summed E-state index contributed by atoms with van der Waals surface area (Å²) in [4.78, 5) is 22.4. The first kappa shape index (κ1) is 16.7. The summed E-state index contributed by atoms with van der Waals surface area (Å²) in [6, 6.07) is 3.39. The Morgan fingerprint density at radius 1 is 1.50 bits per heavy atom. The summed E-state index contributed by atoms with van der Waals surface area (Å²) in [5, 5.41) is 20.7. The minimum absolute atomic E-state index is 0.378. The molecule has 2 unspecified atom stereocenters. The van der Waals surface area contributed by atoms with Crippen LogP contribution in [0.5, 0.6) is 5.75 Å². The van der Waals surface area contributed by atoms with Crippen LogP contribution in [0.4, 0.5) is 0 Å². The summed E-state index contributed by atoms with van der Waals surface area (Å²) in [7, 11) is 0. The zero-order valence-electron chi connectivity index (χ0n) is 10.5. The summed E-state index contributed by atoms with van der Waals surface area (Å²) in [6.45, 7) is 0.895. The van der Waals surface area contributed by atoms with Crippen LogP contribution in [-0.2, 0) is 9.59 Å². The van der Waals surface area contributed by atoms with Gasteiger partial charge in [0.15, 0.2) is 12.6 Å². The Morgan fingerprint density at radius 2 is 2.15 bits per heavy atom. The normalized spacial score (nSPS) is 13.4. The van der Waals surface area contributed by atoms with Crippen LogP contribution in [0.15, 0.2) is 22.7 Å². The van der Waals surface area contributed by atoms with Gasteiger partial charge in [0.1, 0.15) is 5.75 Å². The number of hydrogen-bond donors (Lipinski definition) is 3. The van der Waals surface area contributed by atoms with Gasteiger partial charge in [0.05, 0.1) is 10.6 Å². The number of aliphatic carboxylic acids is 1. The molecule has 0 aliphatic heterocycles. The molecule has 0 heterocycles. The number of aliphatic hydroxyl groups excluding tert-OH is 1. The van der Waals surface area contributed by atoms with E-state index in [9.17, 15) is 14.7 Å². The molecule has 0 saturated heterocycles. The molecule has 3 N–H and O–H groups in total. The van der Waals surface area contributed by atoms with Gasteiger partial charge in [-0.25, -0.2) is 4.79 Å². The number of halogens is 2. The van der Waals surface area contributed by atoms with Crippen LogP contribution in [0.3, 0.4) is 0 Å². The minimum atomic E-state index is -1.38. The van der Waals surface area contributed by atoms with Gasteiger partial charge in [0.2, 0.25) is 0 Å². The molecule has 0 fully saturated rings. The van der Waals surface area contributed by atoms with Gasteiger partial charge in [-0.05, 0) is 41.1 Å². The third-order valence-electron chi connectivity index (χ3n) is 2.32. The molecule has 2 atom stereocenters. The highest BCUT2D eigenvalue weighted by Gasteiger charge is 2.25.